The molecule has 0 fully saturated rings. The van der Waals surface area contributed by atoms with E-state index in [0.717, 1.165) is 0 Å². The molecule has 2 rings (SSSR count). The summed E-state index contributed by atoms with van der Waals surface area (Å²) >= 11 is 0. The van der Waals surface area contributed by atoms with Crippen molar-refractivity contribution in [1.29, 1.82) is 0 Å². The molecular formula is C23H25NO7. The molecule has 0 saturated carbocycles. The SMILES string of the molecule is CCOC(=O)CN(C(=O)COC(=O)/C=C/c1cc(OC)ccc1OC)c1ccccc1. The number of hydrogen-bond acceptors (Lipinski definition) is 7. The summed E-state index contributed by atoms with van der Waals surface area (Å²) in [6.07, 6.45) is 2.69. The molecule has 0 aliphatic rings. The van der Waals surface area contributed by atoms with Crippen LogP contribution in [-0.2, 0) is 23.9 Å². The van der Waals surface area contributed by atoms with Crippen molar-refractivity contribution in [3.05, 3.63) is 60.2 Å². The Labute approximate surface area is 181 Å². The zero-order chi connectivity index (χ0) is 22.6. The summed E-state index contributed by atoms with van der Waals surface area (Å²) in [5.41, 5.74) is 1.10. The summed E-state index contributed by atoms with van der Waals surface area (Å²) in [6.45, 7) is 1.05. The van der Waals surface area contributed by atoms with Gasteiger partial charge in [-0.25, -0.2) is 4.79 Å². The van der Waals surface area contributed by atoms with Crippen LogP contribution >= 0.6 is 0 Å². The molecule has 0 aliphatic heterocycles. The molecule has 2 aromatic rings. The van der Waals surface area contributed by atoms with E-state index in [0.29, 0.717) is 22.7 Å². The Balaban J connectivity index is 2.04. The largest absolute Gasteiger partial charge is 0.497 e. The van der Waals surface area contributed by atoms with Gasteiger partial charge in [0.25, 0.3) is 5.91 Å². The van der Waals surface area contributed by atoms with Gasteiger partial charge in [0, 0.05) is 17.3 Å². The molecule has 0 heterocycles. The van der Waals surface area contributed by atoms with Gasteiger partial charge >= 0.3 is 11.9 Å². The first kappa shape index (κ1) is 23.5. The van der Waals surface area contributed by atoms with Crippen LogP contribution in [0.15, 0.2) is 54.6 Å². The molecule has 0 N–H and O–H groups in total. The van der Waals surface area contributed by atoms with Crippen LogP contribution in [0.2, 0.25) is 0 Å². The molecule has 0 bridgehead atoms. The van der Waals surface area contributed by atoms with Gasteiger partial charge in [0.2, 0.25) is 0 Å². The van der Waals surface area contributed by atoms with Crippen LogP contribution in [0.3, 0.4) is 0 Å². The van der Waals surface area contributed by atoms with E-state index >= 15 is 0 Å². The third kappa shape index (κ3) is 7.18. The Morgan fingerprint density at radius 2 is 1.71 bits per heavy atom. The van der Waals surface area contributed by atoms with Gasteiger partial charge in [0.05, 0.1) is 20.8 Å². The average molecular weight is 427 g/mol. The number of nitrogens with zero attached hydrogens (tertiary/aromatic N) is 1. The Morgan fingerprint density at radius 1 is 0.968 bits per heavy atom. The van der Waals surface area contributed by atoms with Crippen molar-refractivity contribution in [2.24, 2.45) is 0 Å². The summed E-state index contributed by atoms with van der Waals surface area (Å²) < 4.78 is 20.4. The fraction of sp³-hybridized carbons (Fsp3) is 0.261. The van der Waals surface area contributed by atoms with E-state index in [-0.39, 0.29) is 13.2 Å². The topological polar surface area (TPSA) is 91.4 Å². The minimum Gasteiger partial charge on any atom is -0.497 e. The molecule has 31 heavy (non-hydrogen) atoms. The highest BCUT2D eigenvalue weighted by Crippen LogP contribution is 2.25. The number of hydrogen-bond donors (Lipinski definition) is 0. The van der Waals surface area contributed by atoms with Crippen LogP contribution < -0.4 is 14.4 Å². The Kier molecular flexibility index (Phi) is 9.10. The van der Waals surface area contributed by atoms with Crippen LogP contribution in [0.1, 0.15) is 12.5 Å². The maximum Gasteiger partial charge on any atom is 0.331 e. The van der Waals surface area contributed by atoms with E-state index in [9.17, 15) is 14.4 Å². The first-order chi connectivity index (χ1) is 15.0. The van der Waals surface area contributed by atoms with E-state index in [4.69, 9.17) is 18.9 Å². The standard InChI is InChI=1S/C23H25NO7/c1-4-30-23(27)15-24(18-8-6-5-7-9-18)21(25)16-31-22(26)13-10-17-14-19(28-2)11-12-20(17)29-3/h5-14H,4,15-16H2,1-3H3/b13-10+. The Hall–Kier alpha value is -3.81. The number of carbonyl (C=O) groups excluding carboxylic acids is 3. The molecule has 164 valence electrons. The van der Waals surface area contributed by atoms with E-state index in [1.54, 1.807) is 55.5 Å². The number of rotatable bonds is 10. The number of para-hydroxylation sites is 1. The molecule has 0 radical (unpaired) electrons. The number of ether oxygens (including phenoxy) is 4. The predicted molar refractivity (Wildman–Crippen MR) is 115 cm³/mol. The van der Waals surface area contributed by atoms with E-state index < -0.39 is 24.5 Å². The third-order valence-electron chi connectivity index (χ3n) is 4.14. The van der Waals surface area contributed by atoms with Crippen LogP contribution in [-0.4, -0.2) is 51.8 Å². The molecule has 0 atom stereocenters. The molecule has 0 spiro atoms. The van der Waals surface area contributed by atoms with Crippen molar-refractivity contribution >= 4 is 29.6 Å². The lowest BCUT2D eigenvalue weighted by molar-refractivity contribution is -0.144. The number of benzene rings is 2. The lowest BCUT2D eigenvalue weighted by Crippen LogP contribution is -2.39. The molecule has 0 aromatic heterocycles. The van der Waals surface area contributed by atoms with Gasteiger partial charge in [-0.15, -0.1) is 0 Å². The third-order valence-corrected chi connectivity index (χ3v) is 4.14. The summed E-state index contributed by atoms with van der Waals surface area (Å²) in [4.78, 5) is 37.8. The highest BCUT2D eigenvalue weighted by Gasteiger charge is 2.21. The van der Waals surface area contributed by atoms with Crippen molar-refractivity contribution in [3.63, 3.8) is 0 Å². The highest BCUT2D eigenvalue weighted by atomic mass is 16.5. The average Bonchev–Trinajstić information content (AvgIpc) is 2.80. The molecular weight excluding hydrogens is 402 g/mol. The maximum atomic E-state index is 12.6. The molecule has 0 unspecified atom stereocenters. The van der Waals surface area contributed by atoms with Crippen molar-refractivity contribution in [1.82, 2.24) is 0 Å². The van der Waals surface area contributed by atoms with E-state index in [1.807, 2.05) is 0 Å². The van der Waals surface area contributed by atoms with Gasteiger partial charge in [-0.1, -0.05) is 18.2 Å². The van der Waals surface area contributed by atoms with Crippen LogP contribution in [0.4, 0.5) is 5.69 Å². The minimum absolute atomic E-state index is 0.198. The van der Waals surface area contributed by atoms with E-state index in [1.165, 1.54) is 31.3 Å². The van der Waals surface area contributed by atoms with Crippen LogP contribution in [0.25, 0.3) is 6.08 Å². The molecule has 1 amide bonds. The maximum absolute atomic E-state index is 12.6. The van der Waals surface area contributed by atoms with Gasteiger partial charge in [0.15, 0.2) is 6.61 Å². The highest BCUT2D eigenvalue weighted by molar-refractivity contribution is 5.99. The number of esters is 2. The number of carbonyl (C=O) groups is 3. The zero-order valence-corrected chi connectivity index (χ0v) is 17.7. The second kappa shape index (κ2) is 12.0. The van der Waals surface area contributed by atoms with Gasteiger partial charge in [-0.05, 0) is 43.3 Å². The molecule has 2 aromatic carbocycles. The molecule has 0 saturated heterocycles. The molecule has 8 nitrogen and oxygen atoms in total. The summed E-state index contributed by atoms with van der Waals surface area (Å²) in [6, 6.07) is 13.7. The van der Waals surface area contributed by atoms with Crippen LogP contribution in [0.5, 0.6) is 11.5 Å². The van der Waals surface area contributed by atoms with E-state index in [2.05, 4.69) is 0 Å². The second-order valence-corrected chi connectivity index (χ2v) is 6.17. The van der Waals surface area contributed by atoms with Crippen LogP contribution in [0, 0.1) is 0 Å². The summed E-state index contributed by atoms with van der Waals surface area (Å²) in [7, 11) is 3.04. The van der Waals surface area contributed by atoms with Crippen molar-refractivity contribution < 1.29 is 33.3 Å². The quantitative estimate of drug-likeness (QED) is 0.425. The monoisotopic (exact) mass is 427 g/mol. The number of anilines is 1. The fourth-order valence-electron chi connectivity index (χ4n) is 2.65. The van der Waals surface area contributed by atoms with Gasteiger partial charge in [-0.3, -0.25) is 14.5 Å². The number of methoxy groups -OCH3 is 2. The lowest BCUT2D eigenvalue weighted by atomic mass is 10.1. The molecule has 0 aliphatic carbocycles. The zero-order valence-electron chi connectivity index (χ0n) is 17.7. The number of amides is 1. The summed E-state index contributed by atoms with van der Waals surface area (Å²) in [5, 5.41) is 0. The first-order valence-electron chi connectivity index (χ1n) is 9.56. The van der Waals surface area contributed by atoms with Crippen molar-refractivity contribution in [2.75, 3.05) is 38.9 Å². The first-order valence-corrected chi connectivity index (χ1v) is 9.56. The minimum atomic E-state index is -0.720. The van der Waals surface area contributed by atoms with Crippen molar-refractivity contribution in [2.45, 2.75) is 6.92 Å². The second-order valence-electron chi connectivity index (χ2n) is 6.17. The van der Waals surface area contributed by atoms with Crippen molar-refractivity contribution in [3.8, 4) is 11.5 Å². The normalized spacial score (nSPS) is 10.4. The smallest absolute Gasteiger partial charge is 0.331 e. The van der Waals surface area contributed by atoms with Gasteiger partial charge in [-0.2, -0.15) is 0 Å². The molecule has 8 heteroatoms. The fourth-order valence-corrected chi connectivity index (χ4v) is 2.65. The predicted octanol–water partition coefficient (Wildman–Crippen LogP) is 2.86. The van der Waals surface area contributed by atoms with Gasteiger partial charge in [0.1, 0.15) is 18.0 Å². The Morgan fingerprint density at radius 3 is 2.35 bits per heavy atom. The summed E-state index contributed by atoms with van der Waals surface area (Å²) in [5.74, 6) is -0.689. The lowest BCUT2D eigenvalue weighted by Gasteiger charge is -2.21. The Bertz CT molecular complexity index is 925. The van der Waals surface area contributed by atoms with Gasteiger partial charge < -0.3 is 18.9 Å².